The number of sulfone groups is 1. The fourth-order valence-corrected chi connectivity index (χ4v) is 7.30. The zero-order chi connectivity index (χ0) is 25.0. The molecule has 2 aliphatic carbocycles. The summed E-state index contributed by atoms with van der Waals surface area (Å²) in [4.78, 5) is 40.4. The lowest BCUT2D eigenvalue weighted by Gasteiger charge is -2.32. The number of hydrogen-bond donors (Lipinski definition) is 1. The van der Waals surface area contributed by atoms with E-state index in [1.54, 1.807) is 18.2 Å². The molecule has 1 aliphatic heterocycles. The van der Waals surface area contributed by atoms with Crippen LogP contribution >= 0.6 is 11.6 Å². The highest BCUT2D eigenvalue weighted by Crippen LogP contribution is 2.50. The highest BCUT2D eigenvalue weighted by Gasteiger charge is 2.60. The molecule has 2 fully saturated rings. The summed E-state index contributed by atoms with van der Waals surface area (Å²) in [6.45, 7) is 0.752. The molecular weight excluding hydrogens is 494 g/mol. The molecule has 0 saturated heterocycles. The van der Waals surface area contributed by atoms with Gasteiger partial charge in [-0.15, -0.1) is 0 Å². The number of carbonyl (C=O) groups excluding carboxylic acids is 2. The van der Waals surface area contributed by atoms with Gasteiger partial charge in [-0.05, 0) is 55.5 Å². The number of nitrogens with zero attached hydrogens (tertiary/aromatic N) is 2. The number of halogens is 1. The molecule has 0 bridgehead atoms. The summed E-state index contributed by atoms with van der Waals surface area (Å²) in [5, 5.41) is 2.90. The van der Waals surface area contributed by atoms with Gasteiger partial charge < -0.3 is 19.5 Å². The Morgan fingerprint density at radius 1 is 1.17 bits per heavy atom. The third kappa shape index (κ3) is 4.23. The van der Waals surface area contributed by atoms with Gasteiger partial charge in [-0.1, -0.05) is 17.7 Å². The van der Waals surface area contributed by atoms with Crippen molar-refractivity contribution in [3.63, 3.8) is 0 Å². The minimum atomic E-state index is -3.25. The van der Waals surface area contributed by atoms with Crippen LogP contribution in [0, 0.1) is 0 Å². The zero-order valence-electron chi connectivity index (χ0n) is 19.3. The number of methoxy groups -OCH3 is 1. The molecule has 1 aromatic carbocycles. The standard InChI is InChI=1S/C24H26ClN3O6S/c1-34-20-12-15(2-6-18(20)25)13-26-21(29)17-5-7-19-23(31)27(10-11-28(19)22(17)30)14-24(8-9-24)35(32,33)16-3-4-16/h2,5-7,12,16H,3-4,8-11,13-14H2,1H3,(H,26,29). The van der Waals surface area contributed by atoms with Gasteiger partial charge in [0.15, 0.2) is 9.84 Å². The molecule has 0 unspecified atom stereocenters. The van der Waals surface area contributed by atoms with Crippen LogP contribution in [0.25, 0.3) is 0 Å². The number of amides is 2. The number of fused-ring (bicyclic) bond motifs is 1. The van der Waals surface area contributed by atoms with Crippen LogP contribution in [0.4, 0.5) is 0 Å². The van der Waals surface area contributed by atoms with Gasteiger partial charge in [-0.2, -0.15) is 0 Å². The molecule has 2 aromatic rings. The highest BCUT2D eigenvalue weighted by atomic mass is 35.5. The number of aromatic nitrogens is 1. The summed E-state index contributed by atoms with van der Waals surface area (Å²) in [6, 6.07) is 7.92. The van der Waals surface area contributed by atoms with Crippen LogP contribution in [-0.2, 0) is 22.9 Å². The zero-order valence-corrected chi connectivity index (χ0v) is 20.8. The van der Waals surface area contributed by atoms with Crippen molar-refractivity contribution < 1.29 is 22.7 Å². The van der Waals surface area contributed by atoms with Gasteiger partial charge in [0.05, 0.1) is 22.1 Å². The van der Waals surface area contributed by atoms with Crippen LogP contribution in [0.3, 0.4) is 0 Å². The Bertz CT molecular complexity index is 1380. The lowest BCUT2D eigenvalue weighted by molar-refractivity contribution is 0.0695. The van der Waals surface area contributed by atoms with Crippen LogP contribution in [-0.4, -0.2) is 59.9 Å². The molecule has 1 aromatic heterocycles. The summed E-state index contributed by atoms with van der Waals surface area (Å²) >= 11 is 6.03. The van der Waals surface area contributed by atoms with E-state index in [0.717, 1.165) is 5.56 Å². The maximum atomic E-state index is 13.1. The average molecular weight is 520 g/mol. The Hall–Kier alpha value is -2.85. The van der Waals surface area contributed by atoms with E-state index in [1.807, 2.05) is 0 Å². The van der Waals surface area contributed by atoms with Gasteiger partial charge in [0, 0.05) is 26.2 Å². The second kappa shape index (κ2) is 8.67. The minimum Gasteiger partial charge on any atom is -0.495 e. The Kier molecular flexibility index (Phi) is 5.91. The highest BCUT2D eigenvalue weighted by molar-refractivity contribution is 7.94. The minimum absolute atomic E-state index is 0.0640. The predicted molar refractivity (Wildman–Crippen MR) is 130 cm³/mol. The number of pyridine rings is 1. The third-order valence-corrected chi connectivity index (χ3v) is 10.4. The van der Waals surface area contributed by atoms with Crippen LogP contribution in [0.2, 0.25) is 5.02 Å². The van der Waals surface area contributed by atoms with Gasteiger partial charge >= 0.3 is 0 Å². The molecule has 5 rings (SSSR count). The maximum absolute atomic E-state index is 13.1. The molecule has 3 aliphatic rings. The first-order valence-corrected chi connectivity index (χ1v) is 13.5. The van der Waals surface area contributed by atoms with Crippen molar-refractivity contribution in [1.29, 1.82) is 0 Å². The van der Waals surface area contributed by atoms with Crippen molar-refractivity contribution in [1.82, 2.24) is 14.8 Å². The van der Waals surface area contributed by atoms with E-state index in [0.29, 0.717) is 36.5 Å². The molecular formula is C24H26ClN3O6S. The molecule has 2 amide bonds. The topological polar surface area (TPSA) is 115 Å². The van der Waals surface area contributed by atoms with Crippen LogP contribution < -0.4 is 15.6 Å². The van der Waals surface area contributed by atoms with Crippen molar-refractivity contribution >= 4 is 33.3 Å². The van der Waals surface area contributed by atoms with Gasteiger partial charge in [-0.25, -0.2) is 8.42 Å². The van der Waals surface area contributed by atoms with Crippen molar-refractivity contribution in [2.24, 2.45) is 0 Å². The fourth-order valence-electron chi connectivity index (χ4n) is 4.64. The van der Waals surface area contributed by atoms with E-state index in [4.69, 9.17) is 16.3 Å². The van der Waals surface area contributed by atoms with Gasteiger partial charge in [-0.3, -0.25) is 14.4 Å². The quantitative estimate of drug-likeness (QED) is 0.570. The molecule has 2 saturated carbocycles. The van der Waals surface area contributed by atoms with E-state index in [1.165, 1.54) is 28.7 Å². The Morgan fingerprint density at radius 2 is 1.91 bits per heavy atom. The SMILES string of the molecule is COc1cc(CNC(=O)c2ccc3n(c2=O)CCN(CC2(S(=O)(=O)C4CC4)CC2)C3=O)ccc1Cl. The van der Waals surface area contributed by atoms with Crippen LogP contribution in [0.5, 0.6) is 5.75 Å². The van der Waals surface area contributed by atoms with E-state index < -0.39 is 26.1 Å². The van der Waals surface area contributed by atoms with Crippen molar-refractivity contribution in [2.75, 3.05) is 20.2 Å². The normalized spacial score (nSPS) is 18.7. The number of ether oxygens (including phenoxy) is 1. The first kappa shape index (κ1) is 23.9. The van der Waals surface area contributed by atoms with E-state index >= 15 is 0 Å². The molecule has 0 atom stereocenters. The van der Waals surface area contributed by atoms with E-state index in [9.17, 15) is 22.8 Å². The van der Waals surface area contributed by atoms with Crippen LogP contribution in [0.15, 0.2) is 35.1 Å². The summed E-state index contributed by atoms with van der Waals surface area (Å²) < 4.78 is 31.3. The molecule has 11 heteroatoms. The van der Waals surface area contributed by atoms with Gasteiger partial charge in [0.25, 0.3) is 17.4 Å². The van der Waals surface area contributed by atoms with E-state index in [2.05, 4.69) is 5.32 Å². The van der Waals surface area contributed by atoms with Crippen molar-refractivity contribution in [3.05, 3.63) is 62.5 Å². The van der Waals surface area contributed by atoms with Gasteiger partial charge in [0.1, 0.15) is 17.0 Å². The van der Waals surface area contributed by atoms with Crippen LogP contribution in [0.1, 0.15) is 52.1 Å². The fraction of sp³-hybridized carbons (Fsp3) is 0.458. The van der Waals surface area contributed by atoms with E-state index in [-0.39, 0.29) is 48.6 Å². The average Bonchev–Trinajstić information content (AvgIpc) is 3.75. The summed E-state index contributed by atoms with van der Waals surface area (Å²) in [5.41, 5.74) is 0.304. The van der Waals surface area contributed by atoms with Crippen molar-refractivity contribution in [3.8, 4) is 5.75 Å². The number of benzene rings is 1. The third-order valence-electron chi connectivity index (χ3n) is 7.04. The Labute approximate surface area is 207 Å². The Balaban J connectivity index is 1.30. The molecule has 35 heavy (non-hydrogen) atoms. The molecule has 9 nitrogen and oxygen atoms in total. The largest absolute Gasteiger partial charge is 0.495 e. The molecule has 186 valence electrons. The number of rotatable bonds is 8. The van der Waals surface area contributed by atoms with Gasteiger partial charge in [0.2, 0.25) is 0 Å². The summed E-state index contributed by atoms with van der Waals surface area (Å²) in [5.74, 6) is -0.458. The lowest BCUT2D eigenvalue weighted by atomic mass is 10.1. The van der Waals surface area contributed by atoms with Crippen molar-refractivity contribution in [2.45, 2.75) is 48.8 Å². The number of nitrogens with one attached hydrogen (secondary N) is 1. The molecule has 0 spiro atoms. The second-order valence-electron chi connectivity index (χ2n) is 9.39. The second-order valence-corrected chi connectivity index (χ2v) is 12.4. The molecule has 2 heterocycles. The number of hydrogen-bond acceptors (Lipinski definition) is 6. The predicted octanol–water partition coefficient (Wildman–Crippen LogP) is 2.01. The summed E-state index contributed by atoms with van der Waals surface area (Å²) in [6.07, 6.45) is 2.54. The number of carbonyl (C=O) groups is 2. The maximum Gasteiger partial charge on any atom is 0.270 e. The monoisotopic (exact) mass is 519 g/mol. The lowest BCUT2D eigenvalue weighted by Crippen LogP contribution is -2.50. The Morgan fingerprint density at radius 3 is 2.57 bits per heavy atom. The smallest absolute Gasteiger partial charge is 0.270 e. The molecule has 0 radical (unpaired) electrons. The first-order valence-electron chi connectivity index (χ1n) is 11.5. The first-order chi connectivity index (χ1) is 16.7. The molecule has 1 N–H and O–H groups in total. The summed E-state index contributed by atoms with van der Waals surface area (Å²) in [7, 11) is -1.75.